The van der Waals surface area contributed by atoms with E-state index in [1.165, 1.54) is 42.1 Å². The van der Waals surface area contributed by atoms with Gasteiger partial charge < -0.3 is 9.47 Å². The van der Waals surface area contributed by atoms with Gasteiger partial charge in [-0.05, 0) is 36.4 Å². The van der Waals surface area contributed by atoms with Crippen LogP contribution in [0.5, 0.6) is 11.5 Å². The van der Waals surface area contributed by atoms with Crippen LogP contribution in [0.3, 0.4) is 0 Å². The van der Waals surface area contributed by atoms with E-state index in [0.717, 1.165) is 11.5 Å². The maximum Gasteiger partial charge on any atom is 0.161 e. The smallest absolute Gasteiger partial charge is 0.161 e. The summed E-state index contributed by atoms with van der Waals surface area (Å²) in [7, 11) is 3.35. The summed E-state index contributed by atoms with van der Waals surface area (Å²) in [5, 5.41) is 2.38. The predicted octanol–water partition coefficient (Wildman–Crippen LogP) is 4.33. The van der Waals surface area contributed by atoms with Crippen LogP contribution in [-0.4, -0.2) is 19.2 Å². The second-order valence-corrected chi connectivity index (χ2v) is 5.11. The number of ether oxygens (including phenoxy) is 2. The molecule has 0 aliphatic heterocycles. The summed E-state index contributed by atoms with van der Waals surface area (Å²) in [6.45, 7) is 0. The zero-order valence-corrected chi connectivity index (χ0v) is 12.7. The van der Waals surface area contributed by atoms with Crippen molar-refractivity contribution in [1.82, 2.24) is 4.98 Å². The quantitative estimate of drug-likeness (QED) is 0.844. The van der Waals surface area contributed by atoms with Crippen LogP contribution in [0.2, 0.25) is 0 Å². The third-order valence-corrected chi connectivity index (χ3v) is 4.04. The number of nitrogens with zero attached hydrogens (tertiary/aromatic N) is 1. The van der Waals surface area contributed by atoms with Crippen LogP contribution in [0.15, 0.2) is 24.4 Å². The number of methoxy groups -OCH3 is 2. The highest BCUT2D eigenvalue weighted by atomic mass is 35.5. The number of hydrogen-bond donors (Lipinski definition) is 0. The van der Waals surface area contributed by atoms with Crippen molar-refractivity contribution in [1.29, 1.82) is 0 Å². The van der Waals surface area contributed by atoms with Crippen LogP contribution >= 0.6 is 12.4 Å². The van der Waals surface area contributed by atoms with E-state index in [4.69, 9.17) is 9.47 Å². The van der Waals surface area contributed by atoms with Crippen LogP contribution < -0.4 is 9.47 Å². The minimum absolute atomic E-state index is 0. The first-order chi connectivity index (χ1) is 9.33. The lowest BCUT2D eigenvalue weighted by molar-refractivity contribution is 0.356. The molecule has 4 heteroatoms. The van der Waals surface area contributed by atoms with Crippen LogP contribution in [0.1, 0.15) is 37.3 Å². The van der Waals surface area contributed by atoms with Crippen LogP contribution in [0, 0.1) is 0 Å². The highest BCUT2D eigenvalue weighted by molar-refractivity contribution is 5.88. The third kappa shape index (κ3) is 2.55. The summed E-state index contributed by atoms with van der Waals surface area (Å²) < 4.78 is 10.8. The van der Waals surface area contributed by atoms with Crippen molar-refractivity contribution in [3.63, 3.8) is 0 Å². The summed E-state index contributed by atoms with van der Waals surface area (Å²) in [4.78, 5) is 4.62. The third-order valence-electron chi connectivity index (χ3n) is 4.04. The lowest BCUT2D eigenvalue weighted by atomic mass is 9.97. The van der Waals surface area contributed by atoms with Crippen molar-refractivity contribution >= 4 is 23.2 Å². The lowest BCUT2D eigenvalue weighted by Gasteiger charge is -2.14. The Morgan fingerprint density at radius 1 is 1.05 bits per heavy atom. The van der Waals surface area contributed by atoms with Crippen molar-refractivity contribution in [2.45, 2.75) is 31.6 Å². The number of hydrogen-bond acceptors (Lipinski definition) is 3. The SMILES string of the molecule is COc1cc2ccnc(C3CCCC3)c2cc1OC.Cl. The molecule has 0 amide bonds. The number of halogens is 1. The molecule has 0 N–H and O–H groups in total. The van der Waals surface area contributed by atoms with Gasteiger partial charge in [-0.2, -0.15) is 0 Å². The van der Waals surface area contributed by atoms with Gasteiger partial charge in [0.2, 0.25) is 0 Å². The molecule has 3 nitrogen and oxygen atoms in total. The summed E-state index contributed by atoms with van der Waals surface area (Å²) in [5.74, 6) is 2.16. The first-order valence-corrected chi connectivity index (χ1v) is 6.84. The van der Waals surface area contributed by atoms with Crippen molar-refractivity contribution in [3.05, 3.63) is 30.1 Å². The Morgan fingerprint density at radius 3 is 2.35 bits per heavy atom. The molecule has 1 fully saturated rings. The molecule has 0 saturated heterocycles. The molecule has 1 aromatic heterocycles. The lowest BCUT2D eigenvalue weighted by Crippen LogP contribution is -1.98. The van der Waals surface area contributed by atoms with Gasteiger partial charge in [0.1, 0.15) is 0 Å². The van der Waals surface area contributed by atoms with Gasteiger partial charge in [0.25, 0.3) is 0 Å². The molecule has 1 heterocycles. The summed E-state index contributed by atoms with van der Waals surface area (Å²) in [6, 6.07) is 6.14. The molecule has 0 bridgehead atoms. The topological polar surface area (TPSA) is 31.4 Å². The van der Waals surface area contributed by atoms with E-state index in [1.807, 2.05) is 18.3 Å². The molecule has 0 radical (unpaired) electrons. The Bertz CT molecular complexity index is 594. The van der Waals surface area contributed by atoms with Gasteiger partial charge in [-0.25, -0.2) is 0 Å². The second-order valence-electron chi connectivity index (χ2n) is 5.11. The minimum atomic E-state index is 0. The van der Waals surface area contributed by atoms with Crippen molar-refractivity contribution in [3.8, 4) is 11.5 Å². The zero-order valence-electron chi connectivity index (χ0n) is 11.9. The van der Waals surface area contributed by atoms with E-state index >= 15 is 0 Å². The molecule has 20 heavy (non-hydrogen) atoms. The van der Waals surface area contributed by atoms with Gasteiger partial charge in [0.05, 0.1) is 19.9 Å². The van der Waals surface area contributed by atoms with Gasteiger partial charge in [-0.3, -0.25) is 4.98 Å². The fourth-order valence-electron chi connectivity index (χ4n) is 3.05. The Morgan fingerprint density at radius 2 is 1.70 bits per heavy atom. The van der Waals surface area contributed by atoms with Gasteiger partial charge >= 0.3 is 0 Å². The molecule has 0 atom stereocenters. The number of pyridine rings is 1. The molecule has 2 aromatic rings. The molecular formula is C16H20ClNO2. The van der Waals surface area contributed by atoms with Crippen molar-refractivity contribution in [2.24, 2.45) is 0 Å². The number of aromatic nitrogens is 1. The minimum Gasteiger partial charge on any atom is -0.493 e. The van der Waals surface area contributed by atoms with Crippen molar-refractivity contribution in [2.75, 3.05) is 14.2 Å². The molecule has 1 aromatic carbocycles. The van der Waals surface area contributed by atoms with E-state index in [1.54, 1.807) is 14.2 Å². The normalized spacial score (nSPS) is 15.1. The molecule has 1 aliphatic carbocycles. The maximum atomic E-state index is 5.41. The van der Waals surface area contributed by atoms with Gasteiger partial charge in [-0.15, -0.1) is 12.4 Å². The maximum absolute atomic E-state index is 5.41. The zero-order chi connectivity index (χ0) is 13.2. The Labute approximate surface area is 125 Å². The standard InChI is InChI=1S/C16H19NO2.ClH/c1-18-14-9-12-7-8-17-16(11-5-3-4-6-11)13(12)10-15(14)19-2;/h7-11H,3-6H2,1-2H3;1H. The highest BCUT2D eigenvalue weighted by Crippen LogP contribution is 2.39. The van der Waals surface area contributed by atoms with E-state index in [0.29, 0.717) is 5.92 Å². The Kier molecular flexibility index (Phi) is 4.71. The average molecular weight is 294 g/mol. The molecule has 3 rings (SSSR count). The molecule has 0 unspecified atom stereocenters. The number of fused-ring (bicyclic) bond motifs is 1. The molecule has 0 spiro atoms. The van der Waals surface area contributed by atoms with Gasteiger partial charge in [0, 0.05) is 17.5 Å². The summed E-state index contributed by atoms with van der Waals surface area (Å²) >= 11 is 0. The number of rotatable bonds is 3. The first-order valence-electron chi connectivity index (χ1n) is 6.84. The van der Waals surface area contributed by atoms with Crippen LogP contribution in [-0.2, 0) is 0 Å². The molecule has 1 aliphatic rings. The average Bonchev–Trinajstić information content (AvgIpc) is 2.99. The summed E-state index contributed by atoms with van der Waals surface area (Å²) in [6.07, 6.45) is 7.04. The van der Waals surface area contributed by atoms with E-state index in [9.17, 15) is 0 Å². The van der Waals surface area contributed by atoms with Gasteiger partial charge in [-0.1, -0.05) is 12.8 Å². The van der Waals surface area contributed by atoms with Crippen LogP contribution in [0.25, 0.3) is 10.8 Å². The van der Waals surface area contributed by atoms with Crippen molar-refractivity contribution < 1.29 is 9.47 Å². The Hall–Kier alpha value is -1.48. The van der Waals surface area contributed by atoms with Crippen LogP contribution in [0.4, 0.5) is 0 Å². The number of benzene rings is 1. The summed E-state index contributed by atoms with van der Waals surface area (Å²) in [5.41, 5.74) is 1.22. The Balaban J connectivity index is 0.00000147. The fourth-order valence-corrected chi connectivity index (χ4v) is 3.05. The molecule has 108 valence electrons. The first kappa shape index (κ1) is 14.9. The monoisotopic (exact) mass is 293 g/mol. The highest BCUT2D eigenvalue weighted by Gasteiger charge is 2.21. The largest absolute Gasteiger partial charge is 0.493 e. The second kappa shape index (κ2) is 6.31. The van der Waals surface area contributed by atoms with E-state index < -0.39 is 0 Å². The van der Waals surface area contributed by atoms with E-state index in [2.05, 4.69) is 11.1 Å². The molecular weight excluding hydrogens is 274 g/mol. The molecule has 1 saturated carbocycles. The van der Waals surface area contributed by atoms with E-state index in [-0.39, 0.29) is 12.4 Å². The van der Waals surface area contributed by atoms with Gasteiger partial charge in [0.15, 0.2) is 11.5 Å². The predicted molar refractivity (Wildman–Crippen MR) is 83.3 cm³/mol. The fraction of sp³-hybridized carbons (Fsp3) is 0.438.